The fourth-order valence-corrected chi connectivity index (χ4v) is 2.15. The average Bonchev–Trinajstić information content (AvgIpc) is 2.46. The second-order valence-corrected chi connectivity index (χ2v) is 4.96. The molecular formula is C14H17F3N2O2. The molecule has 1 unspecified atom stereocenters. The molecule has 0 radical (unpaired) electrons. The van der Waals surface area contributed by atoms with Crippen LogP contribution in [0.1, 0.15) is 12.8 Å². The van der Waals surface area contributed by atoms with E-state index < -0.39 is 12.8 Å². The molecule has 1 aliphatic heterocycles. The maximum absolute atomic E-state index is 12.1. The summed E-state index contributed by atoms with van der Waals surface area (Å²) in [5.74, 6) is -0.166. The first-order chi connectivity index (χ1) is 9.94. The Morgan fingerprint density at radius 1 is 1.43 bits per heavy atom. The molecule has 0 aliphatic carbocycles. The van der Waals surface area contributed by atoms with Crippen LogP contribution in [0.5, 0.6) is 5.75 Å². The predicted octanol–water partition coefficient (Wildman–Crippen LogP) is 2.57. The number of hydrogen-bond donors (Lipinski definition) is 2. The number of carbonyl (C=O) groups excluding carboxylic acids is 1. The van der Waals surface area contributed by atoms with Crippen LogP contribution in [-0.4, -0.2) is 31.8 Å². The smallest absolute Gasteiger partial charge is 0.422 e. The molecule has 1 atom stereocenters. The third kappa shape index (κ3) is 5.26. The van der Waals surface area contributed by atoms with Crippen molar-refractivity contribution in [1.82, 2.24) is 5.32 Å². The van der Waals surface area contributed by atoms with Crippen LogP contribution in [0.3, 0.4) is 0 Å². The van der Waals surface area contributed by atoms with Gasteiger partial charge in [0.25, 0.3) is 0 Å². The highest BCUT2D eigenvalue weighted by atomic mass is 19.4. The quantitative estimate of drug-likeness (QED) is 0.899. The molecule has 7 heteroatoms. The van der Waals surface area contributed by atoms with Crippen molar-refractivity contribution < 1.29 is 22.7 Å². The third-order valence-corrected chi connectivity index (χ3v) is 3.17. The maximum Gasteiger partial charge on any atom is 0.422 e. The molecule has 1 fully saturated rings. The van der Waals surface area contributed by atoms with Gasteiger partial charge in [0.15, 0.2) is 6.61 Å². The minimum absolute atomic E-state index is 0.0758. The molecular weight excluding hydrogens is 285 g/mol. The number of amides is 1. The number of ether oxygens (including phenoxy) is 1. The Kier molecular flexibility index (Phi) is 5.06. The molecule has 4 nitrogen and oxygen atoms in total. The Labute approximate surface area is 120 Å². The molecule has 2 N–H and O–H groups in total. The normalized spacial score (nSPS) is 19.1. The molecule has 2 rings (SSSR count). The molecule has 1 aromatic rings. The van der Waals surface area contributed by atoms with Crippen molar-refractivity contribution in [3.05, 3.63) is 24.3 Å². The van der Waals surface area contributed by atoms with Crippen LogP contribution >= 0.6 is 0 Å². The predicted molar refractivity (Wildman–Crippen MR) is 72.2 cm³/mol. The zero-order chi connectivity index (χ0) is 15.3. The Hall–Kier alpha value is -1.76. The van der Waals surface area contributed by atoms with E-state index in [-0.39, 0.29) is 17.6 Å². The number of nitrogens with one attached hydrogen (secondary N) is 2. The van der Waals surface area contributed by atoms with Crippen LogP contribution in [0.25, 0.3) is 0 Å². The van der Waals surface area contributed by atoms with E-state index in [0.717, 1.165) is 19.4 Å². The highest BCUT2D eigenvalue weighted by Crippen LogP contribution is 2.22. The van der Waals surface area contributed by atoms with Crippen LogP contribution in [0, 0.1) is 5.92 Å². The van der Waals surface area contributed by atoms with Gasteiger partial charge in [0.05, 0.1) is 5.92 Å². The number of carbonyl (C=O) groups is 1. The zero-order valence-corrected chi connectivity index (χ0v) is 11.4. The van der Waals surface area contributed by atoms with Gasteiger partial charge in [0.1, 0.15) is 5.75 Å². The number of alkyl halides is 3. The minimum Gasteiger partial charge on any atom is -0.484 e. The van der Waals surface area contributed by atoms with Crippen LogP contribution in [0.4, 0.5) is 18.9 Å². The lowest BCUT2D eigenvalue weighted by Crippen LogP contribution is -2.37. The SMILES string of the molecule is O=C(Nc1cccc(OCC(F)(F)F)c1)C1CCCNC1. The maximum atomic E-state index is 12.1. The van der Waals surface area contributed by atoms with Gasteiger partial charge in [-0.05, 0) is 31.5 Å². The molecule has 1 saturated heterocycles. The van der Waals surface area contributed by atoms with Crippen LogP contribution in [-0.2, 0) is 4.79 Å². The molecule has 116 valence electrons. The van der Waals surface area contributed by atoms with Crippen molar-refractivity contribution in [1.29, 1.82) is 0 Å². The van der Waals surface area contributed by atoms with E-state index in [1.165, 1.54) is 12.1 Å². The highest BCUT2D eigenvalue weighted by molar-refractivity contribution is 5.92. The summed E-state index contributed by atoms with van der Waals surface area (Å²) >= 11 is 0. The first-order valence-corrected chi connectivity index (χ1v) is 6.75. The Morgan fingerprint density at radius 3 is 2.90 bits per heavy atom. The van der Waals surface area contributed by atoms with Gasteiger partial charge in [-0.1, -0.05) is 6.07 Å². The summed E-state index contributed by atoms with van der Waals surface area (Å²) in [5.41, 5.74) is 0.435. The van der Waals surface area contributed by atoms with Gasteiger partial charge in [-0.25, -0.2) is 0 Å². The van der Waals surface area contributed by atoms with E-state index in [1.807, 2.05) is 0 Å². The lowest BCUT2D eigenvalue weighted by Gasteiger charge is -2.22. The molecule has 0 aromatic heterocycles. The van der Waals surface area contributed by atoms with E-state index in [1.54, 1.807) is 12.1 Å². The molecule has 1 heterocycles. The molecule has 0 bridgehead atoms. The van der Waals surface area contributed by atoms with Gasteiger partial charge >= 0.3 is 6.18 Å². The average molecular weight is 302 g/mol. The van der Waals surface area contributed by atoms with Gasteiger partial charge in [-0.3, -0.25) is 4.79 Å². The Morgan fingerprint density at radius 2 is 2.24 bits per heavy atom. The Bertz CT molecular complexity index is 485. The molecule has 0 saturated carbocycles. The summed E-state index contributed by atoms with van der Waals surface area (Å²) in [7, 11) is 0. The fourth-order valence-electron chi connectivity index (χ4n) is 2.15. The van der Waals surface area contributed by atoms with Gasteiger partial charge in [0, 0.05) is 18.3 Å². The number of hydrogen-bond acceptors (Lipinski definition) is 3. The van der Waals surface area contributed by atoms with Crippen molar-refractivity contribution in [3.8, 4) is 5.75 Å². The molecule has 1 amide bonds. The van der Waals surface area contributed by atoms with Crippen LogP contribution in [0.15, 0.2) is 24.3 Å². The standard InChI is InChI=1S/C14H17F3N2O2/c15-14(16,17)9-21-12-5-1-4-11(7-12)19-13(20)10-3-2-6-18-8-10/h1,4-5,7,10,18H,2-3,6,8-9H2,(H,19,20). The summed E-state index contributed by atoms with van der Waals surface area (Å²) in [6, 6.07) is 5.97. The number of rotatable bonds is 4. The first-order valence-electron chi connectivity index (χ1n) is 6.75. The summed E-state index contributed by atoms with van der Waals surface area (Å²) < 4.78 is 40.9. The number of halogens is 3. The minimum atomic E-state index is -4.38. The first kappa shape index (κ1) is 15.6. The lowest BCUT2D eigenvalue weighted by molar-refractivity contribution is -0.153. The summed E-state index contributed by atoms with van der Waals surface area (Å²) in [6.07, 6.45) is -2.64. The van der Waals surface area contributed by atoms with E-state index in [9.17, 15) is 18.0 Å². The monoisotopic (exact) mass is 302 g/mol. The van der Waals surface area contributed by atoms with E-state index in [2.05, 4.69) is 15.4 Å². The second-order valence-electron chi connectivity index (χ2n) is 4.96. The Balaban J connectivity index is 1.92. The molecule has 1 aliphatic rings. The molecule has 1 aromatic carbocycles. The zero-order valence-electron chi connectivity index (χ0n) is 11.4. The van der Waals surface area contributed by atoms with Crippen molar-refractivity contribution in [2.45, 2.75) is 19.0 Å². The summed E-state index contributed by atoms with van der Waals surface area (Å²) in [5, 5.41) is 5.85. The van der Waals surface area contributed by atoms with Gasteiger partial charge in [0.2, 0.25) is 5.91 Å². The highest BCUT2D eigenvalue weighted by Gasteiger charge is 2.28. The van der Waals surface area contributed by atoms with Crippen LogP contribution < -0.4 is 15.4 Å². The van der Waals surface area contributed by atoms with E-state index >= 15 is 0 Å². The van der Waals surface area contributed by atoms with Gasteiger partial charge in [-0.15, -0.1) is 0 Å². The molecule has 0 spiro atoms. The van der Waals surface area contributed by atoms with Gasteiger partial charge in [-0.2, -0.15) is 13.2 Å². The van der Waals surface area contributed by atoms with E-state index in [0.29, 0.717) is 12.2 Å². The van der Waals surface area contributed by atoms with E-state index in [4.69, 9.17) is 0 Å². The number of piperidine rings is 1. The molecule has 21 heavy (non-hydrogen) atoms. The van der Waals surface area contributed by atoms with Crippen LogP contribution in [0.2, 0.25) is 0 Å². The van der Waals surface area contributed by atoms with Gasteiger partial charge < -0.3 is 15.4 Å². The van der Waals surface area contributed by atoms with Crippen molar-refractivity contribution in [2.75, 3.05) is 25.0 Å². The number of anilines is 1. The summed E-state index contributed by atoms with van der Waals surface area (Å²) in [4.78, 5) is 12.0. The second kappa shape index (κ2) is 6.80. The van der Waals surface area contributed by atoms with Crippen molar-refractivity contribution >= 4 is 11.6 Å². The summed E-state index contributed by atoms with van der Waals surface area (Å²) in [6.45, 7) is 0.178. The third-order valence-electron chi connectivity index (χ3n) is 3.17. The lowest BCUT2D eigenvalue weighted by atomic mass is 9.99. The topological polar surface area (TPSA) is 50.4 Å². The largest absolute Gasteiger partial charge is 0.484 e. The van der Waals surface area contributed by atoms with Crippen molar-refractivity contribution in [3.63, 3.8) is 0 Å². The van der Waals surface area contributed by atoms with Crippen molar-refractivity contribution in [2.24, 2.45) is 5.92 Å². The number of benzene rings is 1. The fraction of sp³-hybridized carbons (Fsp3) is 0.500.